The van der Waals surface area contributed by atoms with Crippen molar-refractivity contribution < 1.29 is 0 Å². The van der Waals surface area contributed by atoms with Gasteiger partial charge < -0.3 is 9.80 Å². The SMILES string of the molecule is CC1(C)c2ccccc2-c2ccc(-c3c4ccc(N5CCCCC5)cc4c(-c4ccc(-c5nc6ccccc6s5)cc4)c4ccc(N5CCCCC5)cc34)cc21. The van der Waals surface area contributed by atoms with Crippen LogP contribution in [-0.2, 0) is 5.41 Å². The average Bonchev–Trinajstić information content (AvgIpc) is 3.79. The predicted octanol–water partition coefficient (Wildman–Crippen LogP) is 13.9. The largest absolute Gasteiger partial charge is 0.372 e. The van der Waals surface area contributed by atoms with Crippen molar-refractivity contribution >= 4 is 54.5 Å². The minimum atomic E-state index is -0.0705. The Morgan fingerprint density at radius 2 is 1.04 bits per heavy atom. The zero-order valence-corrected chi connectivity index (χ0v) is 33.3. The second kappa shape index (κ2) is 13.3. The van der Waals surface area contributed by atoms with Crippen LogP contribution in [0.3, 0.4) is 0 Å². The Hall–Kier alpha value is -5.45. The van der Waals surface area contributed by atoms with Crippen LogP contribution in [0.25, 0.3) is 75.7 Å². The highest BCUT2D eigenvalue weighted by atomic mass is 32.1. The number of piperidine rings is 2. The highest BCUT2D eigenvalue weighted by Crippen LogP contribution is 2.52. The first-order valence-electron chi connectivity index (χ1n) is 20.8. The van der Waals surface area contributed by atoms with Crippen LogP contribution in [-0.4, -0.2) is 31.2 Å². The van der Waals surface area contributed by atoms with Crippen LogP contribution in [0.15, 0.2) is 127 Å². The number of nitrogens with zero attached hydrogens (tertiary/aromatic N) is 3. The fraction of sp³-hybridized carbons (Fsp3) is 0.250. The standard InChI is InChI=1S/C52H47N3S/c1-52(2)45-14-6-5-13-39(45)40-24-21-36(31-46(40)52)50-42-26-23-37(54-27-9-3-10-28-54)32-43(42)49(41-25-22-38(33-44(41)50)55-29-11-4-12-30-55)34-17-19-35(20-18-34)51-53-47-15-7-8-16-48(47)56-51/h5-8,13-26,31-33H,3-4,9-12,27-30H2,1-2H3. The van der Waals surface area contributed by atoms with Crippen molar-refractivity contribution in [2.45, 2.75) is 57.8 Å². The summed E-state index contributed by atoms with van der Waals surface area (Å²) >= 11 is 1.77. The molecule has 3 aliphatic rings. The van der Waals surface area contributed by atoms with Crippen LogP contribution in [0.1, 0.15) is 63.5 Å². The van der Waals surface area contributed by atoms with E-state index < -0.39 is 0 Å². The summed E-state index contributed by atoms with van der Waals surface area (Å²) in [4.78, 5) is 10.2. The second-order valence-electron chi connectivity index (χ2n) is 16.8. The molecule has 1 aliphatic carbocycles. The third-order valence-corrected chi connectivity index (χ3v) is 14.2. The lowest BCUT2D eigenvalue weighted by molar-refractivity contribution is 0.578. The molecule has 2 saturated heterocycles. The molecule has 4 heteroatoms. The Kier molecular flexibility index (Phi) is 8.07. The van der Waals surface area contributed by atoms with Crippen LogP contribution in [0, 0.1) is 0 Å². The fourth-order valence-corrected chi connectivity index (χ4v) is 11.1. The monoisotopic (exact) mass is 745 g/mol. The summed E-state index contributed by atoms with van der Waals surface area (Å²) < 4.78 is 1.23. The number of rotatable bonds is 5. The van der Waals surface area contributed by atoms with Gasteiger partial charge in [-0.15, -0.1) is 11.3 Å². The van der Waals surface area contributed by atoms with Gasteiger partial charge in [-0.3, -0.25) is 0 Å². The van der Waals surface area contributed by atoms with E-state index in [1.807, 2.05) is 0 Å². The van der Waals surface area contributed by atoms with E-state index in [9.17, 15) is 0 Å². The molecule has 3 heterocycles. The highest BCUT2D eigenvalue weighted by Gasteiger charge is 2.35. The first-order chi connectivity index (χ1) is 27.5. The fourth-order valence-electron chi connectivity index (χ4n) is 10.2. The third-order valence-electron chi connectivity index (χ3n) is 13.1. The van der Waals surface area contributed by atoms with E-state index in [1.165, 1.54) is 126 Å². The predicted molar refractivity (Wildman–Crippen MR) is 241 cm³/mol. The van der Waals surface area contributed by atoms with Gasteiger partial charge in [0.25, 0.3) is 0 Å². The van der Waals surface area contributed by atoms with Gasteiger partial charge in [-0.1, -0.05) is 98.8 Å². The Morgan fingerprint density at radius 1 is 0.482 bits per heavy atom. The van der Waals surface area contributed by atoms with Crippen LogP contribution in [0.5, 0.6) is 0 Å². The van der Waals surface area contributed by atoms with Gasteiger partial charge in [-0.05, 0) is 147 Å². The molecule has 3 nitrogen and oxygen atoms in total. The number of hydrogen-bond acceptors (Lipinski definition) is 4. The van der Waals surface area contributed by atoms with Crippen molar-refractivity contribution in [2.75, 3.05) is 36.0 Å². The average molecular weight is 746 g/mol. The molecule has 276 valence electrons. The number of thiazole rings is 1. The van der Waals surface area contributed by atoms with E-state index in [0.717, 1.165) is 36.7 Å². The van der Waals surface area contributed by atoms with Crippen LogP contribution in [0.2, 0.25) is 0 Å². The lowest BCUT2D eigenvalue weighted by atomic mass is 9.80. The number of para-hydroxylation sites is 1. The molecule has 0 bridgehead atoms. The van der Waals surface area contributed by atoms with Crippen molar-refractivity contribution in [3.63, 3.8) is 0 Å². The van der Waals surface area contributed by atoms with Crippen molar-refractivity contribution in [3.05, 3.63) is 139 Å². The number of fused-ring (bicyclic) bond motifs is 6. The summed E-state index contributed by atoms with van der Waals surface area (Å²) in [6, 6.07) is 48.8. The van der Waals surface area contributed by atoms with Crippen molar-refractivity contribution in [3.8, 4) is 44.0 Å². The molecule has 56 heavy (non-hydrogen) atoms. The van der Waals surface area contributed by atoms with Gasteiger partial charge in [0.2, 0.25) is 0 Å². The zero-order chi connectivity index (χ0) is 37.4. The molecule has 7 aromatic carbocycles. The molecule has 11 rings (SSSR count). The van der Waals surface area contributed by atoms with Crippen LogP contribution < -0.4 is 9.80 Å². The number of hydrogen-bond donors (Lipinski definition) is 0. The van der Waals surface area contributed by atoms with Gasteiger partial charge in [-0.2, -0.15) is 0 Å². The van der Waals surface area contributed by atoms with Crippen LogP contribution >= 0.6 is 11.3 Å². The Bertz CT molecular complexity index is 2760. The third kappa shape index (κ3) is 5.48. The lowest BCUT2D eigenvalue weighted by Crippen LogP contribution is -2.29. The topological polar surface area (TPSA) is 19.4 Å². The molecule has 2 aliphatic heterocycles. The molecular weight excluding hydrogens is 699 g/mol. The maximum Gasteiger partial charge on any atom is 0.124 e. The van der Waals surface area contributed by atoms with Gasteiger partial charge in [0.1, 0.15) is 5.01 Å². The van der Waals surface area contributed by atoms with E-state index in [1.54, 1.807) is 11.3 Å². The minimum absolute atomic E-state index is 0.0705. The van der Waals surface area contributed by atoms with Gasteiger partial charge in [0, 0.05) is 48.5 Å². The van der Waals surface area contributed by atoms with Gasteiger partial charge in [0.05, 0.1) is 10.2 Å². The summed E-state index contributed by atoms with van der Waals surface area (Å²) in [5, 5.41) is 6.39. The zero-order valence-electron chi connectivity index (χ0n) is 32.4. The Balaban J connectivity index is 1.16. The molecule has 2 fully saturated rings. The number of aromatic nitrogens is 1. The molecule has 0 amide bonds. The molecule has 0 saturated carbocycles. The van der Waals surface area contributed by atoms with E-state index in [0.29, 0.717) is 0 Å². The summed E-state index contributed by atoms with van der Waals surface area (Å²) in [6.07, 6.45) is 7.68. The molecule has 0 spiro atoms. The van der Waals surface area contributed by atoms with Gasteiger partial charge >= 0.3 is 0 Å². The summed E-state index contributed by atoms with van der Waals surface area (Å²) in [6.45, 7) is 9.30. The van der Waals surface area contributed by atoms with E-state index >= 15 is 0 Å². The van der Waals surface area contributed by atoms with E-state index in [2.05, 4.69) is 151 Å². The quantitative estimate of drug-likeness (QED) is 0.164. The molecule has 8 aromatic rings. The number of benzene rings is 7. The first-order valence-corrected chi connectivity index (χ1v) is 21.6. The molecule has 0 unspecified atom stereocenters. The minimum Gasteiger partial charge on any atom is -0.372 e. The Labute approximate surface area is 334 Å². The number of anilines is 2. The van der Waals surface area contributed by atoms with E-state index in [4.69, 9.17) is 4.98 Å². The summed E-state index contributed by atoms with van der Waals surface area (Å²) in [7, 11) is 0. The molecule has 0 atom stereocenters. The Morgan fingerprint density at radius 3 is 1.70 bits per heavy atom. The van der Waals surface area contributed by atoms with Gasteiger partial charge in [-0.25, -0.2) is 4.98 Å². The van der Waals surface area contributed by atoms with Crippen LogP contribution in [0.4, 0.5) is 11.4 Å². The summed E-state index contributed by atoms with van der Waals surface area (Å²) in [5.74, 6) is 0. The smallest absolute Gasteiger partial charge is 0.124 e. The molecular formula is C52H47N3S. The maximum absolute atomic E-state index is 5.00. The van der Waals surface area contributed by atoms with Crippen molar-refractivity contribution in [2.24, 2.45) is 0 Å². The lowest BCUT2D eigenvalue weighted by Gasteiger charge is -2.30. The van der Waals surface area contributed by atoms with Crippen molar-refractivity contribution in [1.82, 2.24) is 4.98 Å². The summed E-state index contributed by atoms with van der Waals surface area (Å²) in [5.41, 5.74) is 15.7. The normalized spacial score (nSPS) is 16.5. The van der Waals surface area contributed by atoms with E-state index in [-0.39, 0.29) is 5.41 Å². The first kappa shape index (κ1) is 33.9. The molecule has 1 aromatic heterocycles. The molecule has 0 radical (unpaired) electrons. The highest BCUT2D eigenvalue weighted by molar-refractivity contribution is 7.21. The second-order valence-corrected chi connectivity index (χ2v) is 17.8. The van der Waals surface area contributed by atoms with Crippen molar-refractivity contribution in [1.29, 1.82) is 0 Å². The van der Waals surface area contributed by atoms with Gasteiger partial charge in [0.15, 0.2) is 0 Å². The maximum atomic E-state index is 5.00. The molecule has 0 N–H and O–H groups in total.